The first kappa shape index (κ1) is 14.1. The Labute approximate surface area is 103 Å². The van der Waals surface area contributed by atoms with Crippen molar-refractivity contribution in [2.75, 3.05) is 19.6 Å². The van der Waals surface area contributed by atoms with Gasteiger partial charge in [0.25, 0.3) is 0 Å². The van der Waals surface area contributed by atoms with E-state index in [1.807, 2.05) is 12.1 Å². The zero-order valence-corrected chi connectivity index (χ0v) is 9.42. The van der Waals surface area contributed by atoms with Gasteiger partial charge in [-0.15, -0.1) is 0 Å². The molecule has 0 bridgehead atoms. The second kappa shape index (κ2) is 6.69. The number of likely N-dealkylation sites (tertiary alicyclic amines) is 1. The molecule has 1 aromatic rings. The average molecular weight is 237 g/mol. The second-order valence-electron chi connectivity index (χ2n) is 4.40. The van der Waals surface area contributed by atoms with Gasteiger partial charge in [0, 0.05) is 25.0 Å². The summed E-state index contributed by atoms with van der Waals surface area (Å²) in [5.74, 6) is 0. The van der Waals surface area contributed by atoms with Crippen LogP contribution in [0.5, 0.6) is 0 Å². The van der Waals surface area contributed by atoms with Crippen molar-refractivity contribution in [2.24, 2.45) is 5.73 Å². The average Bonchev–Trinajstić information content (AvgIpc) is 2.82. The minimum absolute atomic E-state index is 0. The molecule has 1 aliphatic rings. The summed E-state index contributed by atoms with van der Waals surface area (Å²) in [4.78, 5) is 6.24. The lowest BCUT2D eigenvalue weighted by atomic mass is 10.0. The molecule has 1 aliphatic heterocycles. The molecule has 17 heavy (non-hydrogen) atoms. The molecule has 2 rings (SSSR count). The first-order valence-electron chi connectivity index (χ1n) is 5.83. The van der Waals surface area contributed by atoms with E-state index in [-0.39, 0.29) is 13.5 Å². The first-order valence-corrected chi connectivity index (χ1v) is 5.83. The summed E-state index contributed by atoms with van der Waals surface area (Å²) in [5.41, 5.74) is 6.87. The van der Waals surface area contributed by atoms with Gasteiger partial charge in [0.1, 0.15) is 0 Å². The van der Waals surface area contributed by atoms with Gasteiger partial charge in [-0.1, -0.05) is 7.43 Å². The summed E-state index contributed by atoms with van der Waals surface area (Å²) in [7, 11) is 0. The molecule has 0 aromatic carbocycles. The van der Waals surface area contributed by atoms with Gasteiger partial charge in [0.15, 0.2) is 0 Å². The van der Waals surface area contributed by atoms with E-state index in [9.17, 15) is 5.11 Å². The molecule has 1 aromatic heterocycles. The van der Waals surface area contributed by atoms with E-state index >= 15 is 0 Å². The molecular weight excluding hydrogens is 214 g/mol. The zero-order valence-electron chi connectivity index (χ0n) is 9.42. The summed E-state index contributed by atoms with van der Waals surface area (Å²) in [6.07, 6.45) is 5.27. The standard InChI is InChI=1S/C12H19N3O.CH4/c13-11(9-15-7-1-2-8-15)12(16)10-3-5-14-6-4-10;/h3-6,11-12,16H,1-2,7-9,13H2;1H4/t11-,12-;/m0./s1. The van der Waals surface area contributed by atoms with Crippen LogP contribution in [0.15, 0.2) is 24.5 Å². The molecule has 0 aliphatic carbocycles. The minimum Gasteiger partial charge on any atom is -0.387 e. The molecule has 0 unspecified atom stereocenters. The molecular formula is C13H23N3O. The van der Waals surface area contributed by atoms with Crippen LogP contribution in [0.2, 0.25) is 0 Å². The molecule has 96 valence electrons. The molecule has 4 nitrogen and oxygen atoms in total. The van der Waals surface area contributed by atoms with Gasteiger partial charge < -0.3 is 15.7 Å². The van der Waals surface area contributed by atoms with Crippen molar-refractivity contribution in [3.05, 3.63) is 30.1 Å². The Morgan fingerprint density at radius 3 is 2.47 bits per heavy atom. The highest BCUT2D eigenvalue weighted by Crippen LogP contribution is 2.17. The van der Waals surface area contributed by atoms with Gasteiger partial charge >= 0.3 is 0 Å². The maximum atomic E-state index is 10.1. The third kappa shape index (κ3) is 3.77. The number of nitrogens with zero attached hydrogens (tertiary/aromatic N) is 2. The summed E-state index contributed by atoms with van der Waals surface area (Å²) in [6.45, 7) is 2.98. The Bertz CT molecular complexity index is 312. The Morgan fingerprint density at radius 2 is 1.88 bits per heavy atom. The van der Waals surface area contributed by atoms with E-state index in [2.05, 4.69) is 9.88 Å². The first-order chi connectivity index (χ1) is 7.77. The van der Waals surface area contributed by atoms with E-state index in [1.165, 1.54) is 12.8 Å². The number of aliphatic hydroxyl groups is 1. The topological polar surface area (TPSA) is 62.4 Å². The number of hydrogen-bond donors (Lipinski definition) is 2. The lowest BCUT2D eigenvalue weighted by molar-refractivity contribution is 0.125. The van der Waals surface area contributed by atoms with Gasteiger partial charge in [-0.3, -0.25) is 4.98 Å². The highest BCUT2D eigenvalue weighted by molar-refractivity contribution is 5.15. The summed E-state index contributed by atoms with van der Waals surface area (Å²) in [5, 5.41) is 10.1. The van der Waals surface area contributed by atoms with E-state index in [0.717, 1.165) is 25.2 Å². The van der Waals surface area contributed by atoms with E-state index in [1.54, 1.807) is 12.4 Å². The summed E-state index contributed by atoms with van der Waals surface area (Å²) < 4.78 is 0. The van der Waals surface area contributed by atoms with Gasteiger partial charge in [-0.2, -0.15) is 0 Å². The van der Waals surface area contributed by atoms with Gasteiger partial charge in [-0.25, -0.2) is 0 Å². The van der Waals surface area contributed by atoms with Crippen LogP contribution in [0.1, 0.15) is 31.9 Å². The Kier molecular flexibility index (Phi) is 5.55. The van der Waals surface area contributed by atoms with E-state index in [0.29, 0.717) is 0 Å². The third-order valence-corrected chi connectivity index (χ3v) is 3.12. The highest BCUT2D eigenvalue weighted by Gasteiger charge is 2.21. The van der Waals surface area contributed by atoms with Crippen LogP contribution >= 0.6 is 0 Å². The Hall–Kier alpha value is -0.970. The molecule has 1 saturated heterocycles. The Morgan fingerprint density at radius 1 is 1.29 bits per heavy atom. The van der Waals surface area contributed by atoms with Crippen molar-refractivity contribution in [2.45, 2.75) is 32.4 Å². The van der Waals surface area contributed by atoms with Crippen molar-refractivity contribution in [3.63, 3.8) is 0 Å². The molecule has 1 fully saturated rings. The lowest BCUT2D eigenvalue weighted by Gasteiger charge is -2.24. The summed E-state index contributed by atoms with van der Waals surface area (Å²) >= 11 is 0. The molecule has 0 spiro atoms. The monoisotopic (exact) mass is 237 g/mol. The molecule has 4 heteroatoms. The maximum absolute atomic E-state index is 10.1. The van der Waals surface area contributed by atoms with Crippen molar-refractivity contribution >= 4 is 0 Å². The quantitative estimate of drug-likeness (QED) is 0.825. The van der Waals surface area contributed by atoms with Crippen LogP contribution in [0.25, 0.3) is 0 Å². The number of aliphatic hydroxyl groups excluding tert-OH is 1. The number of nitrogens with two attached hydrogens (primary N) is 1. The minimum atomic E-state index is -0.594. The van der Waals surface area contributed by atoms with Gasteiger partial charge in [-0.05, 0) is 43.6 Å². The molecule has 0 amide bonds. The molecule has 2 atom stereocenters. The fourth-order valence-electron chi connectivity index (χ4n) is 2.17. The number of hydrogen-bond acceptors (Lipinski definition) is 4. The number of aromatic nitrogens is 1. The van der Waals surface area contributed by atoms with Gasteiger partial charge in [0.05, 0.1) is 6.10 Å². The van der Waals surface area contributed by atoms with Crippen molar-refractivity contribution in [1.82, 2.24) is 9.88 Å². The van der Waals surface area contributed by atoms with Crippen molar-refractivity contribution in [3.8, 4) is 0 Å². The highest BCUT2D eigenvalue weighted by atomic mass is 16.3. The number of pyridine rings is 1. The van der Waals surface area contributed by atoms with Crippen LogP contribution in [0, 0.1) is 0 Å². The van der Waals surface area contributed by atoms with E-state index < -0.39 is 6.10 Å². The van der Waals surface area contributed by atoms with Crippen LogP contribution in [0.4, 0.5) is 0 Å². The fourth-order valence-corrected chi connectivity index (χ4v) is 2.17. The third-order valence-electron chi connectivity index (χ3n) is 3.12. The largest absolute Gasteiger partial charge is 0.387 e. The van der Waals surface area contributed by atoms with Gasteiger partial charge in [0.2, 0.25) is 0 Å². The molecule has 0 saturated carbocycles. The number of rotatable bonds is 4. The predicted molar refractivity (Wildman–Crippen MR) is 69.6 cm³/mol. The second-order valence-corrected chi connectivity index (χ2v) is 4.40. The molecule has 2 heterocycles. The lowest BCUT2D eigenvalue weighted by Crippen LogP contribution is -2.40. The van der Waals surface area contributed by atoms with E-state index in [4.69, 9.17) is 5.73 Å². The van der Waals surface area contributed by atoms with Crippen LogP contribution in [-0.2, 0) is 0 Å². The normalized spacial score (nSPS) is 19.6. The SMILES string of the molecule is C.N[C@@H](CN1CCCC1)[C@@H](O)c1ccncc1. The molecule has 0 radical (unpaired) electrons. The van der Waals surface area contributed by atoms with Crippen LogP contribution in [0.3, 0.4) is 0 Å². The fraction of sp³-hybridized carbons (Fsp3) is 0.615. The molecule has 3 N–H and O–H groups in total. The maximum Gasteiger partial charge on any atom is 0.0954 e. The van der Waals surface area contributed by atoms with Crippen molar-refractivity contribution in [1.29, 1.82) is 0 Å². The Balaban J connectivity index is 0.00000144. The van der Waals surface area contributed by atoms with Crippen molar-refractivity contribution < 1.29 is 5.11 Å². The smallest absolute Gasteiger partial charge is 0.0954 e. The summed E-state index contributed by atoms with van der Waals surface area (Å²) in [6, 6.07) is 3.41. The zero-order chi connectivity index (χ0) is 11.4. The van der Waals surface area contributed by atoms with Crippen LogP contribution in [-0.4, -0.2) is 40.7 Å². The predicted octanol–water partition coefficient (Wildman–Crippen LogP) is 1.17. The van der Waals surface area contributed by atoms with Crippen LogP contribution < -0.4 is 5.73 Å².